The van der Waals surface area contributed by atoms with E-state index in [-0.39, 0.29) is 24.5 Å². The fraction of sp³-hybridized carbons (Fsp3) is 0.583. The molecule has 35 heavy (non-hydrogen) atoms. The number of fused-ring (bicyclic) bond motifs is 1. The molecule has 1 aromatic heterocycles. The largest absolute Gasteiger partial charge is 0.454 e. The molecule has 2 amide bonds. The molecule has 186 valence electrons. The van der Waals surface area contributed by atoms with Crippen LogP contribution >= 0.6 is 11.3 Å². The zero-order valence-corrected chi connectivity index (χ0v) is 20.5. The summed E-state index contributed by atoms with van der Waals surface area (Å²) in [5.41, 5.74) is 1.20. The molecule has 2 aromatic rings. The van der Waals surface area contributed by atoms with Crippen LogP contribution in [-0.4, -0.2) is 84.4 Å². The van der Waals surface area contributed by atoms with Crippen molar-refractivity contribution < 1.29 is 19.1 Å². The second kappa shape index (κ2) is 9.62. The quantitative estimate of drug-likeness (QED) is 0.618. The Morgan fingerprint density at radius 1 is 1.00 bits per heavy atom. The first kappa shape index (κ1) is 22.5. The Morgan fingerprint density at radius 3 is 2.66 bits per heavy atom. The van der Waals surface area contributed by atoms with E-state index in [0.29, 0.717) is 18.1 Å². The third kappa shape index (κ3) is 4.66. The van der Waals surface area contributed by atoms with Gasteiger partial charge < -0.3 is 19.3 Å². The number of piperidine rings is 1. The van der Waals surface area contributed by atoms with E-state index in [2.05, 4.69) is 32.1 Å². The molecule has 0 unspecified atom stereocenters. The molecule has 0 aliphatic carbocycles. The number of carbonyl (C=O) groups excluding carboxylic acids is 2. The zero-order valence-electron chi connectivity index (χ0n) is 19.7. The molecule has 0 saturated carbocycles. The van der Waals surface area contributed by atoms with Crippen molar-refractivity contribution in [3.63, 3.8) is 0 Å². The van der Waals surface area contributed by atoms with Crippen LogP contribution in [0.1, 0.15) is 31.2 Å². The summed E-state index contributed by atoms with van der Waals surface area (Å²) in [7, 11) is 0. The SMILES string of the molecule is O=C([C@H]1CCCN(c2nnc(N3CCCC3=O)s2)C1)N1CCN(Cc2ccc3c(c2)OCO3)CC1. The van der Waals surface area contributed by atoms with Crippen LogP contribution in [0.3, 0.4) is 0 Å². The Kier molecular flexibility index (Phi) is 6.19. The highest BCUT2D eigenvalue weighted by atomic mass is 32.1. The van der Waals surface area contributed by atoms with Gasteiger partial charge in [0.25, 0.3) is 0 Å². The Labute approximate surface area is 208 Å². The van der Waals surface area contributed by atoms with Gasteiger partial charge in [0.05, 0.1) is 5.92 Å². The van der Waals surface area contributed by atoms with Crippen molar-refractivity contribution in [3.05, 3.63) is 23.8 Å². The van der Waals surface area contributed by atoms with E-state index < -0.39 is 0 Å². The van der Waals surface area contributed by atoms with Gasteiger partial charge in [-0.15, -0.1) is 10.2 Å². The van der Waals surface area contributed by atoms with E-state index in [0.717, 1.165) is 81.7 Å². The Bertz CT molecular complexity index is 1100. The lowest BCUT2D eigenvalue weighted by atomic mass is 9.96. The fourth-order valence-electron chi connectivity index (χ4n) is 5.33. The summed E-state index contributed by atoms with van der Waals surface area (Å²) in [5.74, 6) is 1.96. The summed E-state index contributed by atoms with van der Waals surface area (Å²) in [5, 5.41) is 10.1. The minimum atomic E-state index is -0.0232. The number of rotatable bonds is 5. The molecule has 0 radical (unpaired) electrons. The minimum absolute atomic E-state index is 0.0232. The Balaban J connectivity index is 1.02. The van der Waals surface area contributed by atoms with Gasteiger partial charge in [-0.05, 0) is 37.0 Å². The van der Waals surface area contributed by atoms with Gasteiger partial charge in [-0.1, -0.05) is 17.4 Å². The highest BCUT2D eigenvalue weighted by Gasteiger charge is 2.33. The van der Waals surface area contributed by atoms with Crippen LogP contribution in [0.4, 0.5) is 10.3 Å². The summed E-state index contributed by atoms with van der Waals surface area (Å²) >= 11 is 1.46. The summed E-state index contributed by atoms with van der Waals surface area (Å²) in [4.78, 5) is 33.7. The maximum Gasteiger partial charge on any atom is 0.231 e. The second-order valence-corrected chi connectivity index (χ2v) is 10.5. The van der Waals surface area contributed by atoms with Crippen molar-refractivity contribution in [3.8, 4) is 11.5 Å². The van der Waals surface area contributed by atoms with Gasteiger partial charge in [-0.25, -0.2) is 0 Å². The van der Waals surface area contributed by atoms with E-state index in [1.807, 2.05) is 11.0 Å². The monoisotopic (exact) mass is 498 g/mol. The summed E-state index contributed by atoms with van der Waals surface area (Å²) in [6.45, 7) is 6.61. The van der Waals surface area contributed by atoms with Crippen LogP contribution in [0.15, 0.2) is 18.2 Å². The fourth-order valence-corrected chi connectivity index (χ4v) is 6.25. The van der Waals surface area contributed by atoms with Gasteiger partial charge in [0, 0.05) is 58.8 Å². The van der Waals surface area contributed by atoms with Gasteiger partial charge in [0.2, 0.25) is 28.9 Å². The standard InChI is InChI=1S/C24H30N6O4S/c31-21-4-2-8-30(21)24-26-25-23(35-24)29-7-1-3-18(15-29)22(32)28-11-9-27(10-12-28)14-17-5-6-19-20(13-17)34-16-33-19/h5-6,13,18H,1-4,7-12,14-16H2/t18-/m0/s1. The number of benzene rings is 1. The molecular formula is C24H30N6O4S. The molecule has 10 nitrogen and oxygen atoms in total. The third-order valence-corrected chi connectivity index (χ3v) is 8.28. The van der Waals surface area contributed by atoms with Crippen LogP contribution in [0, 0.1) is 5.92 Å². The molecule has 11 heteroatoms. The van der Waals surface area contributed by atoms with Crippen molar-refractivity contribution in [1.29, 1.82) is 0 Å². The number of hydrogen-bond acceptors (Lipinski definition) is 9. The number of amides is 2. The van der Waals surface area contributed by atoms with Crippen LogP contribution in [0.5, 0.6) is 11.5 Å². The molecule has 0 spiro atoms. The van der Waals surface area contributed by atoms with Crippen LogP contribution in [-0.2, 0) is 16.1 Å². The first-order valence-corrected chi connectivity index (χ1v) is 13.2. The number of aromatic nitrogens is 2. The summed E-state index contributed by atoms with van der Waals surface area (Å²) in [6, 6.07) is 6.10. The number of ether oxygens (including phenoxy) is 2. The minimum Gasteiger partial charge on any atom is -0.454 e. The van der Waals surface area contributed by atoms with Crippen molar-refractivity contribution in [2.75, 3.05) is 62.4 Å². The highest BCUT2D eigenvalue weighted by molar-refractivity contribution is 7.19. The molecule has 3 fully saturated rings. The van der Waals surface area contributed by atoms with E-state index in [4.69, 9.17) is 9.47 Å². The van der Waals surface area contributed by atoms with Gasteiger partial charge in [-0.3, -0.25) is 19.4 Å². The first-order valence-electron chi connectivity index (χ1n) is 12.4. The van der Waals surface area contributed by atoms with Crippen molar-refractivity contribution in [2.45, 2.75) is 32.2 Å². The normalized spacial score (nSPS) is 22.8. The molecule has 0 N–H and O–H groups in total. The van der Waals surface area contributed by atoms with Crippen LogP contribution < -0.4 is 19.3 Å². The smallest absolute Gasteiger partial charge is 0.231 e. The van der Waals surface area contributed by atoms with E-state index in [1.165, 1.54) is 16.9 Å². The number of anilines is 2. The molecule has 1 atom stereocenters. The molecule has 6 rings (SSSR count). The highest BCUT2D eigenvalue weighted by Crippen LogP contribution is 2.34. The van der Waals surface area contributed by atoms with E-state index >= 15 is 0 Å². The molecule has 5 heterocycles. The topological polar surface area (TPSA) is 91.3 Å². The van der Waals surface area contributed by atoms with Gasteiger partial charge >= 0.3 is 0 Å². The average molecular weight is 499 g/mol. The van der Waals surface area contributed by atoms with Crippen molar-refractivity contribution in [2.24, 2.45) is 5.92 Å². The molecule has 0 bridgehead atoms. The third-order valence-electron chi connectivity index (χ3n) is 7.28. The zero-order chi connectivity index (χ0) is 23.8. The Hall–Kier alpha value is -2.92. The van der Waals surface area contributed by atoms with Gasteiger partial charge in [-0.2, -0.15) is 0 Å². The second-order valence-electron chi connectivity index (χ2n) is 9.59. The number of carbonyl (C=O) groups is 2. The van der Waals surface area contributed by atoms with Crippen LogP contribution in [0.2, 0.25) is 0 Å². The lowest BCUT2D eigenvalue weighted by Gasteiger charge is -2.39. The Morgan fingerprint density at radius 2 is 1.83 bits per heavy atom. The predicted octanol–water partition coefficient (Wildman–Crippen LogP) is 1.95. The van der Waals surface area contributed by atoms with Gasteiger partial charge in [0.15, 0.2) is 11.5 Å². The lowest BCUT2D eigenvalue weighted by Crippen LogP contribution is -2.52. The summed E-state index contributed by atoms with van der Waals surface area (Å²) < 4.78 is 10.9. The number of hydrogen-bond donors (Lipinski definition) is 0. The van der Waals surface area contributed by atoms with Crippen molar-refractivity contribution >= 4 is 33.4 Å². The van der Waals surface area contributed by atoms with E-state index in [9.17, 15) is 9.59 Å². The molecule has 4 aliphatic rings. The van der Waals surface area contributed by atoms with E-state index in [1.54, 1.807) is 4.90 Å². The first-order chi connectivity index (χ1) is 17.1. The maximum absolute atomic E-state index is 13.3. The average Bonchev–Trinajstić information content (AvgIpc) is 3.65. The van der Waals surface area contributed by atoms with Crippen molar-refractivity contribution in [1.82, 2.24) is 20.0 Å². The molecule has 1 aromatic carbocycles. The predicted molar refractivity (Wildman–Crippen MR) is 131 cm³/mol. The number of piperazine rings is 1. The molecule has 3 saturated heterocycles. The maximum atomic E-state index is 13.3. The lowest BCUT2D eigenvalue weighted by molar-refractivity contribution is -0.137. The van der Waals surface area contributed by atoms with Gasteiger partial charge in [0.1, 0.15) is 0 Å². The molecule has 4 aliphatic heterocycles. The number of nitrogens with zero attached hydrogens (tertiary/aromatic N) is 6. The summed E-state index contributed by atoms with van der Waals surface area (Å²) in [6.07, 6.45) is 3.32. The molecular weight excluding hydrogens is 468 g/mol. The van der Waals surface area contributed by atoms with Crippen LogP contribution in [0.25, 0.3) is 0 Å².